The van der Waals surface area contributed by atoms with Crippen LogP contribution in [-0.2, 0) is 9.59 Å². The molecule has 2 N–H and O–H groups in total. The number of nitrogens with one attached hydrogen (secondary N) is 2. The van der Waals surface area contributed by atoms with Gasteiger partial charge in [-0.05, 0) is 26.2 Å². The van der Waals surface area contributed by atoms with Gasteiger partial charge in [-0.25, -0.2) is 0 Å². The van der Waals surface area contributed by atoms with Crippen LogP contribution >= 0.6 is 0 Å². The molecule has 15 heavy (non-hydrogen) atoms. The van der Waals surface area contributed by atoms with Crippen molar-refractivity contribution in [3.05, 3.63) is 0 Å². The molecule has 0 aromatic carbocycles. The van der Waals surface area contributed by atoms with Crippen LogP contribution in [0, 0.1) is 5.92 Å². The third-order valence-corrected chi connectivity index (χ3v) is 2.15. The normalized spacial score (nSPS) is 11.9. The van der Waals surface area contributed by atoms with Crippen LogP contribution in [-0.4, -0.2) is 24.9 Å². The maximum absolute atomic E-state index is 11.2. The highest BCUT2D eigenvalue weighted by Crippen LogP contribution is 2.09. The summed E-state index contributed by atoms with van der Waals surface area (Å²) in [5.41, 5.74) is 0. The predicted octanol–water partition coefficient (Wildman–Crippen LogP) is 1.06. The molecule has 0 heterocycles. The van der Waals surface area contributed by atoms with Crippen LogP contribution in [0.4, 0.5) is 0 Å². The number of amides is 2. The van der Waals surface area contributed by atoms with Gasteiger partial charge in [-0.2, -0.15) is 0 Å². The summed E-state index contributed by atoms with van der Waals surface area (Å²) in [6.07, 6.45) is 1.78. The Morgan fingerprint density at radius 1 is 1.07 bits per heavy atom. The van der Waals surface area contributed by atoms with Gasteiger partial charge in [0.05, 0.1) is 0 Å². The standard InChI is InChI=1S/C11H22N2O2/c1-4-12-10(14)7-6-9(3)8-11(15)13-5-2/h9H,4-8H2,1-3H3,(H,12,14)(H,13,15). The van der Waals surface area contributed by atoms with Gasteiger partial charge in [0, 0.05) is 25.9 Å². The van der Waals surface area contributed by atoms with E-state index < -0.39 is 0 Å². The minimum Gasteiger partial charge on any atom is -0.356 e. The van der Waals surface area contributed by atoms with E-state index in [1.165, 1.54) is 0 Å². The predicted molar refractivity (Wildman–Crippen MR) is 60.4 cm³/mol. The van der Waals surface area contributed by atoms with E-state index in [0.29, 0.717) is 25.9 Å². The zero-order valence-corrected chi connectivity index (χ0v) is 9.93. The van der Waals surface area contributed by atoms with Crippen LogP contribution in [0.1, 0.15) is 40.0 Å². The molecule has 0 bridgehead atoms. The molecule has 0 spiro atoms. The first kappa shape index (κ1) is 13.9. The van der Waals surface area contributed by atoms with Gasteiger partial charge in [-0.1, -0.05) is 6.92 Å². The topological polar surface area (TPSA) is 58.2 Å². The van der Waals surface area contributed by atoms with Crippen molar-refractivity contribution in [2.45, 2.75) is 40.0 Å². The Balaban J connectivity index is 3.60. The zero-order chi connectivity index (χ0) is 11.7. The van der Waals surface area contributed by atoms with E-state index in [9.17, 15) is 9.59 Å². The van der Waals surface area contributed by atoms with Crippen LogP contribution in [0.5, 0.6) is 0 Å². The van der Waals surface area contributed by atoms with Gasteiger partial charge >= 0.3 is 0 Å². The van der Waals surface area contributed by atoms with Crippen LogP contribution in [0.3, 0.4) is 0 Å². The minimum atomic E-state index is 0.0697. The minimum absolute atomic E-state index is 0.0697. The lowest BCUT2D eigenvalue weighted by Gasteiger charge is -2.10. The van der Waals surface area contributed by atoms with Crippen molar-refractivity contribution in [2.75, 3.05) is 13.1 Å². The van der Waals surface area contributed by atoms with E-state index >= 15 is 0 Å². The van der Waals surface area contributed by atoms with E-state index in [4.69, 9.17) is 0 Å². The number of carbonyl (C=O) groups excluding carboxylic acids is 2. The Bertz CT molecular complexity index is 205. The molecule has 0 aliphatic heterocycles. The Labute approximate surface area is 91.8 Å². The van der Waals surface area contributed by atoms with Crippen LogP contribution < -0.4 is 10.6 Å². The average molecular weight is 214 g/mol. The maximum Gasteiger partial charge on any atom is 0.220 e. The Hall–Kier alpha value is -1.06. The van der Waals surface area contributed by atoms with E-state index in [1.807, 2.05) is 20.8 Å². The van der Waals surface area contributed by atoms with Gasteiger partial charge < -0.3 is 10.6 Å². The van der Waals surface area contributed by atoms with Crippen molar-refractivity contribution in [1.82, 2.24) is 10.6 Å². The molecule has 1 unspecified atom stereocenters. The van der Waals surface area contributed by atoms with Gasteiger partial charge in [-0.15, -0.1) is 0 Å². The summed E-state index contributed by atoms with van der Waals surface area (Å²) in [4.78, 5) is 22.4. The summed E-state index contributed by atoms with van der Waals surface area (Å²) in [7, 11) is 0. The first-order valence-electron chi connectivity index (χ1n) is 5.63. The molecule has 4 heteroatoms. The maximum atomic E-state index is 11.2. The second-order valence-corrected chi connectivity index (χ2v) is 3.75. The molecule has 0 aromatic heterocycles. The Kier molecular flexibility index (Phi) is 7.68. The fourth-order valence-corrected chi connectivity index (χ4v) is 1.35. The lowest BCUT2D eigenvalue weighted by Crippen LogP contribution is -2.26. The lowest BCUT2D eigenvalue weighted by molar-refractivity contribution is -0.123. The molecule has 4 nitrogen and oxygen atoms in total. The first-order valence-corrected chi connectivity index (χ1v) is 5.63. The number of carbonyl (C=O) groups is 2. The van der Waals surface area contributed by atoms with Crippen molar-refractivity contribution >= 4 is 11.8 Å². The number of rotatable bonds is 7. The van der Waals surface area contributed by atoms with Crippen LogP contribution in [0.25, 0.3) is 0 Å². The van der Waals surface area contributed by atoms with Gasteiger partial charge in [0.2, 0.25) is 11.8 Å². The summed E-state index contributed by atoms with van der Waals surface area (Å²) >= 11 is 0. The highest BCUT2D eigenvalue weighted by molar-refractivity contribution is 5.77. The fourth-order valence-electron chi connectivity index (χ4n) is 1.35. The smallest absolute Gasteiger partial charge is 0.220 e. The Morgan fingerprint density at radius 2 is 1.60 bits per heavy atom. The highest BCUT2D eigenvalue weighted by atomic mass is 16.2. The molecule has 0 aliphatic rings. The van der Waals surface area contributed by atoms with Gasteiger partial charge in [0.15, 0.2) is 0 Å². The molecule has 88 valence electrons. The van der Waals surface area contributed by atoms with Crippen molar-refractivity contribution in [2.24, 2.45) is 5.92 Å². The van der Waals surface area contributed by atoms with E-state index in [1.54, 1.807) is 0 Å². The van der Waals surface area contributed by atoms with Gasteiger partial charge in [-0.3, -0.25) is 9.59 Å². The molecule has 0 saturated heterocycles. The molecule has 0 rings (SSSR count). The number of hydrogen-bond donors (Lipinski definition) is 2. The average Bonchev–Trinajstić information content (AvgIpc) is 2.15. The number of hydrogen-bond acceptors (Lipinski definition) is 2. The molecule has 0 aromatic rings. The molecular formula is C11H22N2O2. The lowest BCUT2D eigenvalue weighted by atomic mass is 10.0. The summed E-state index contributed by atoms with van der Waals surface area (Å²) in [5.74, 6) is 0.403. The second-order valence-electron chi connectivity index (χ2n) is 3.75. The largest absolute Gasteiger partial charge is 0.356 e. The zero-order valence-electron chi connectivity index (χ0n) is 9.93. The third kappa shape index (κ3) is 7.97. The van der Waals surface area contributed by atoms with Gasteiger partial charge in [0.25, 0.3) is 0 Å². The quantitative estimate of drug-likeness (QED) is 0.666. The Morgan fingerprint density at radius 3 is 2.13 bits per heavy atom. The molecule has 1 atom stereocenters. The van der Waals surface area contributed by atoms with Crippen molar-refractivity contribution in [3.8, 4) is 0 Å². The van der Waals surface area contributed by atoms with E-state index in [0.717, 1.165) is 6.42 Å². The van der Waals surface area contributed by atoms with Crippen molar-refractivity contribution < 1.29 is 9.59 Å². The molecule has 0 saturated carbocycles. The summed E-state index contributed by atoms with van der Waals surface area (Å²) in [6, 6.07) is 0. The molecule has 2 amide bonds. The summed E-state index contributed by atoms with van der Waals surface area (Å²) in [5, 5.41) is 5.49. The summed E-state index contributed by atoms with van der Waals surface area (Å²) in [6.45, 7) is 7.13. The van der Waals surface area contributed by atoms with Crippen molar-refractivity contribution in [1.29, 1.82) is 0 Å². The third-order valence-electron chi connectivity index (χ3n) is 2.15. The van der Waals surface area contributed by atoms with Gasteiger partial charge in [0.1, 0.15) is 0 Å². The van der Waals surface area contributed by atoms with Crippen molar-refractivity contribution in [3.63, 3.8) is 0 Å². The van der Waals surface area contributed by atoms with Crippen LogP contribution in [0.2, 0.25) is 0 Å². The van der Waals surface area contributed by atoms with E-state index in [2.05, 4.69) is 10.6 Å². The SMILES string of the molecule is CCNC(=O)CCC(C)CC(=O)NCC. The molecule has 0 radical (unpaired) electrons. The van der Waals surface area contributed by atoms with Crippen LogP contribution in [0.15, 0.2) is 0 Å². The highest BCUT2D eigenvalue weighted by Gasteiger charge is 2.10. The summed E-state index contributed by atoms with van der Waals surface area (Å²) < 4.78 is 0. The molecular weight excluding hydrogens is 192 g/mol. The monoisotopic (exact) mass is 214 g/mol. The molecule has 0 aliphatic carbocycles. The first-order chi connectivity index (χ1) is 7.10. The fraction of sp³-hybridized carbons (Fsp3) is 0.818. The second kappa shape index (κ2) is 8.26. The molecule has 0 fully saturated rings. The van der Waals surface area contributed by atoms with E-state index in [-0.39, 0.29) is 17.7 Å².